The molecule has 0 aliphatic carbocycles. The van der Waals surface area contributed by atoms with Crippen molar-refractivity contribution in [2.45, 2.75) is 12.5 Å². The molecule has 0 spiro atoms. The highest BCUT2D eigenvalue weighted by Crippen LogP contribution is 2.21. The molecule has 1 heterocycles. The second-order valence-corrected chi connectivity index (χ2v) is 5.18. The summed E-state index contributed by atoms with van der Waals surface area (Å²) in [6.07, 6.45) is 1.13. The van der Waals surface area contributed by atoms with Crippen molar-refractivity contribution in [2.24, 2.45) is 0 Å². The molecule has 1 saturated heterocycles. The van der Waals surface area contributed by atoms with Crippen LogP contribution in [0.4, 0.5) is 0 Å². The Morgan fingerprint density at radius 3 is 2.89 bits per heavy atom. The Kier molecular flexibility index (Phi) is 3.31. The zero-order valence-corrected chi connectivity index (χ0v) is 10.9. The molecule has 1 aliphatic heterocycles. The predicted molar refractivity (Wildman–Crippen MR) is 76.9 cm³/mol. The van der Waals surface area contributed by atoms with Crippen LogP contribution in [0.1, 0.15) is 5.56 Å². The summed E-state index contributed by atoms with van der Waals surface area (Å²) in [6.45, 7) is 3.36. The molecule has 1 fully saturated rings. The lowest BCUT2D eigenvalue weighted by atomic mass is 9.97. The molecule has 2 aromatic carbocycles. The Morgan fingerprint density at radius 1 is 1.17 bits per heavy atom. The molecule has 2 aromatic rings. The summed E-state index contributed by atoms with van der Waals surface area (Å²) in [5.74, 6) is 0. The zero-order valence-electron chi connectivity index (χ0n) is 10.9. The van der Waals surface area contributed by atoms with Gasteiger partial charge in [-0.15, -0.1) is 0 Å². The van der Waals surface area contributed by atoms with Crippen molar-refractivity contribution in [1.29, 1.82) is 0 Å². The lowest BCUT2D eigenvalue weighted by Gasteiger charge is -2.33. The molecule has 0 aromatic heterocycles. The lowest BCUT2D eigenvalue weighted by Crippen LogP contribution is -2.50. The first-order chi connectivity index (χ1) is 8.84. The van der Waals surface area contributed by atoms with Crippen LogP contribution in [0.5, 0.6) is 0 Å². The van der Waals surface area contributed by atoms with Crippen molar-refractivity contribution in [3.63, 3.8) is 0 Å². The molecule has 94 valence electrons. The minimum atomic E-state index is 0.615. The van der Waals surface area contributed by atoms with Crippen LogP contribution in [0.25, 0.3) is 10.8 Å². The first-order valence-electron chi connectivity index (χ1n) is 6.72. The fraction of sp³-hybridized carbons (Fsp3) is 0.375. The van der Waals surface area contributed by atoms with Gasteiger partial charge in [-0.25, -0.2) is 0 Å². The molecule has 2 heteroatoms. The van der Waals surface area contributed by atoms with E-state index in [0.717, 1.165) is 26.1 Å². The molecule has 2 nitrogen and oxygen atoms in total. The summed E-state index contributed by atoms with van der Waals surface area (Å²) in [4.78, 5) is 2.47. The maximum absolute atomic E-state index is 3.49. The van der Waals surface area contributed by atoms with E-state index in [-0.39, 0.29) is 0 Å². The van der Waals surface area contributed by atoms with Crippen molar-refractivity contribution in [2.75, 3.05) is 26.7 Å². The third kappa shape index (κ3) is 2.26. The predicted octanol–water partition coefficient (Wildman–Crippen LogP) is 2.29. The Hall–Kier alpha value is -1.38. The summed E-state index contributed by atoms with van der Waals surface area (Å²) in [7, 11) is 2.23. The van der Waals surface area contributed by atoms with Crippen LogP contribution in [-0.4, -0.2) is 37.6 Å². The van der Waals surface area contributed by atoms with Crippen molar-refractivity contribution in [1.82, 2.24) is 10.2 Å². The number of benzene rings is 2. The number of rotatable bonds is 2. The van der Waals surface area contributed by atoms with Gasteiger partial charge in [0.25, 0.3) is 0 Å². The maximum atomic E-state index is 3.49. The van der Waals surface area contributed by atoms with E-state index in [1.54, 1.807) is 0 Å². The normalized spacial score (nSPS) is 21.3. The average molecular weight is 240 g/mol. The third-order valence-corrected chi connectivity index (χ3v) is 3.98. The van der Waals surface area contributed by atoms with Gasteiger partial charge in [0.1, 0.15) is 0 Å². The molecular formula is C16H20N2. The topological polar surface area (TPSA) is 15.3 Å². The molecule has 3 rings (SSSR count). The molecule has 1 unspecified atom stereocenters. The standard InChI is InChI=1S/C16H20N2/c1-18-10-9-17-12-15(18)11-14-7-4-6-13-5-2-3-8-16(13)14/h2-8,15,17H,9-12H2,1H3. The zero-order chi connectivity index (χ0) is 12.4. The largest absolute Gasteiger partial charge is 0.314 e. The highest BCUT2D eigenvalue weighted by molar-refractivity contribution is 5.85. The van der Waals surface area contributed by atoms with Gasteiger partial charge in [-0.05, 0) is 29.8 Å². The Labute approximate surface area is 109 Å². The Morgan fingerprint density at radius 2 is 2.00 bits per heavy atom. The number of nitrogens with zero attached hydrogens (tertiary/aromatic N) is 1. The van der Waals surface area contributed by atoms with Gasteiger partial charge in [-0.3, -0.25) is 0 Å². The maximum Gasteiger partial charge on any atom is 0.0258 e. The van der Waals surface area contributed by atoms with Crippen LogP contribution in [0, 0.1) is 0 Å². The monoisotopic (exact) mass is 240 g/mol. The quantitative estimate of drug-likeness (QED) is 0.866. The summed E-state index contributed by atoms with van der Waals surface area (Å²) >= 11 is 0. The highest BCUT2D eigenvalue weighted by Gasteiger charge is 2.19. The van der Waals surface area contributed by atoms with E-state index in [9.17, 15) is 0 Å². The second-order valence-electron chi connectivity index (χ2n) is 5.18. The molecule has 1 aliphatic rings. The van der Waals surface area contributed by atoms with Crippen LogP contribution in [-0.2, 0) is 6.42 Å². The smallest absolute Gasteiger partial charge is 0.0258 e. The fourth-order valence-corrected chi connectivity index (χ4v) is 2.81. The fourth-order valence-electron chi connectivity index (χ4n) is 2.81. The van der Waals surface area contributed by atoms with E-state index in [0.29, 0.717) is 6.04 Å². The van der Waals surface area contributed by atoms with Crippen LogP contribution in [0.3, 0.4) is 0 Å². The van der Waals surface area contributed by atoms with Crippen LogP contribution in [0.2, 0.25) is 0 Å². The number of hydrogen-bond donors (Lipinski definition) is 1. The highest BCUT2D eigenvalue weighted by atomic mass is 15.2. The van der Waals surface area contributed by atoms with Crippen molar-refractivity contribution >= 4 is 10.8 Å². The molecule has 1 N–H and O–H groups in total. The molecular weight excluding hydrogens is 220 g/mol. The van der Waals surface area contributed by atoms with Crippen LogP contribution >= 0.6 is 0 Å². The number of nitrogens with one attached hydrogen (secondary N) is 1. The Balaban J connectivity index is 1.90. The van der Waals surface area contributed by atoms with E-state index in [1.807, 2.05) is 0 Å². The van der Waals surface area contributed by atoms with Crippen molar-refractivity contribution < 1.29 is 0 Å². The number of fused-ring (bicyclic) bond motifs is 1. The summed E-state index contributed by atoms with van der Waals surface area (Å²) in [5, 5.41) is 6.24. The summed E-state index contributed by atoms with van der Waals surface area (Å²) in [6, 6.07) is 15.9. The van der Waals surface area contributed by atoms with Gasteiger partial charge in [-0.2, -0.15) is 0 Å². The minimum absolute atomic E-state index is 0.615. The summed E-state index contributed by atoms with van der Waals surface area (Å²) < 4.78 is 0. The van der Waals surface area contributed by atoms with Gasteiger partial charge in [0.15, 0.2) is 0 Å². The molecule has 0 saturated carbocycles. The van der Waals surface area contributed by atoms with Crippen LogP contribution in [0.15, 0.2) is 42.5 Å². The van der Waals surface area contributed by atoms with Gasteiger partial charge < -0.3 is 10.2 Å². The van der Waals surface area contributed by atoms with E-state index in [1.165, 1.54) is 16.3 Å². The summed E-state index contributed by atoms with van der Waals surface area (Å²) in [5.41, 5.74) is 1.47. The first kappa shape index (κ1) is 11.7. The van der Waals surface area contributed by atoms with Crippen LogP contribution < -0.4 is 5.32 Å². The average Bonchev–Trinajstić information content (AvgIpc) is 2.42. The van der Waals surface area contributed by atoms with Crippen molar-refractivity contribution in [3.8, 4) is 0 Å². The van der Waals surface area contributed by atoms with Crippen molar-refractivity contribution in [3.05, 3.63) is 48.0 Å². The van der Waals surface area contributed by atoms with E-state index < -0.39 is 0 Å². The molecule has 0 radical (unpaired) electrons. The SMILES string of the molecule is CN1CCNCC1Cc1cccc2ccccc12. The lowest BCUT2D eigenvalue weighted by molar-refractivity contribution is 0.199. The number of piperazine rings is 1. The minimum Gasteiger partial charge on any atom is -0.314 e. The number of hydrogen-bond acceptors (Lipinski definition) is 2. The molecule has 1 atom stereocenters. The molecule has 0 amide bonds. The molecule has 0 bridgehead atoms. The van der Waals surface area contributed by atoms with E-state index >= 15 is 0 Å². The Bertz CT molecular complexity index is 530. The van der Waals surface area contributed by atoms with Gasteiger partial charge in [0.2, 0.25) is 0 Å². The first-order valence-corrected chi connectivity index (χ1v) is 6.72. The van der Waals surface area contributed by atoms with Gasteiger partial charge in [0.05, 0.1) is 0 Å². The molecule has 18 heavy (non-hydrogen) atoms. The van der Waals surface area contributed by atoms with E-state index in [2.05, 4.69) is 59.7 Å². The third-order valence-electron chi connectivity index (χ3n) is 3.98. The van der Waals surface area contributed by atoms with Gasteiger partial charge >= 0.3 is 0 Å². The van der Waals surface area contributed by atoms with E-state index in [4.69, 9.17) is 0 Å². The second kappa shape index (κ2) is 5.09. The van der Waals surface area contributed by atoms with Gasteiger partial charge in [0, 0.05) is 25.7 Å². The number of likely N-dealkylation sites (N-methyl/N-ethyl adjacent to an activating group) is 1. The van der Waals surface area contributed by atoms with Gasteiger partial charge in [-0.1, -0.05) is 42.5 Å².